The van der Waals surface area contributed by atoms with E-state index < -0.39 is 11.4 Å². The van der Waals surface area contributed by atoms with Gasteiger partial charge in [-0.15, -0.1) is 0 Å². The maximum atomic E-state index is 11.3. The second-order valence-electron chi connectivity index (χ2n) is 5.63. The molecule has 1 aromatic rings. The summed E-state index contributed by atoms with van der Waals surface area (Å²) in [5.74, 6) is 0.372. The van der Waals surface area contributed by atoms with Gasteiger partial charge in [-0.05, 0) is 46.2 Å². The highest BCUT2D eigenvalue weighted by atomic mass is 79.9. The van der Waals surface area contributed by atoms with Gasteiger partial charge >= 0.3 is 5.97 Å². The van der Waals surface area contributed by atoms with Crippen LogP contribution in [0.15, 0.2) is 16.6 Å². The zero-order valence-electron chi connectivity index (χ0n) is 12.5. The van der Waals surface area contributed by atoms with Crippen LogP contribution in [0.25, 0.3) is 0 Å². The number of hydrogen-bond donors (Lipinski definition) is 1. The molecule has 0 aliphatic rings. The smallest absolute Gasteiger partial charge is 0.309 e. The Hall–Kier alpha value is -1.23. The molecule has 5 heteroatoms. The lowest BCUT2D eigenvalue weighted by Gasteiger charge is -2.23. The minimum absolute atomic E-state index is 0.0169. The molecule has 0 saturated heterocycles. The van der Waals surface area contributed by atoms with Crippen molar-refractivity contribution in [3.05, 3.63) is 22.2 Å². The molecule has 1 rings (SSSR count). The Morgan fingerprint density at radius 1 is 1.40 bits per heavy atom. The zero-order valence-corrected chi connectivity index (χ0v) is 14.1. The molecule has 0 aromatic heterocycles. The second-order valence-corrected chi connectivity index (χ2v) is 6.54. The Morgan fingerprint density at radius 2 is 2.00 bits per heavy atom. The summed E-state index contributed by atoms with van der Waals surface area (Å²) in [4.78, 5) is 11.3. The van der Waals surface area contributed by atoms with Crippen LogP contribution in [0.3, 0.4) is 0 Å². The molecule has 0 saturated carbocycles. The molecule has 1 N–H and O–H groups in total. The molecule has 0 aliphatic carbocycles. The van der Waals surface area contributed by atoms with E-state index in [1.54, 1.807) is 21.0 Å². The monoisotopic (exact) mass is 344 g/mol. The van der Waals surface area contributed by atoms with Gasteiger partial charge < -0.3 is 14.6 Å². The average molecular weight is 345 g/mol. The molecule has 0 fully saturated rings. The van der Waals surface area contributed by atoms with Crippen LogP contribution in [0.2, 0.25) is 0 Å². The summed E-state index contributed by atoms with van der Waals surface area (Å²) < 4.78 is 12.0. The van der Waals surface area contributed by atoms with E-state index in [4.69, 9.17) is 9.47 Å². The first-order chi connectivity index (χ1) is 9.17. The number of aliphatic carboxylic acids is 1. The standard InChI is InChI=1S/C15H21BrO4/c1-9(2)20-13-10(8-15(3,4)14(17)18)6-11(16)7-12(13)19-5/h6-7,9H,8H2,1-5H3,(H,17,18). The van der Waals surface area contributed by atoms with E-state index in [2.05, 4.69) is 15.9 Å². The van der Waals surface area contributed by atoms with E-state index in [-0.39, 0.29) is 6.10 Å². The summed E-state index contributed by atoms with van der Waals surface area (Å²) in [6, 6.07) is 3.69. The Kier molecular flexibility index (Phi) is 5.45. The molecule has 112 valence electrons. The van der Waals surface area contributed by atoms with Gasteiger partial charge in [0.25, 0.3) is 0 Å². The largest absolute Gasteiger partial charge is 0.493 e. The summed E-state index contributed by atoms with van der Waals surface area (Å²) in [6.07, 6.45) is 0.344. The maximum absolute atomic E-state index is 11.3. The number of carboxylic acids is 1. The van der Waals surface area contributed by atoms with Crippen molar-refractivity contribution in [1.29, 1.82) is 0 Å². The molecule has 0 spiro atoms. The predicted molar refractivity (Wildman–Crippen MR) is 81.6 cm³/mol. The molecule has 0 amide bonds. The third-order valence-corrected chi connectivity index (χ3v) is 3.34. The molecule has 0 atom stereocenters. The highest BCUT2D eigenvalue weighted by Crippen LogP contribution is 2.38. The summed E-state index contributed by atoms with van der Waals surface area (Å²) in [6.45, 7) is 7.24. The van der Waals surface area contributed by atoms with Crippen molar-refractivity contribution in [1.82, 2.24) is 0 Å². The van der Waals surface area contributed by atoms with Gasteiger partial charge in [-0.1, -0.05) is 15.9 Å². The summed E-state index contributed by atoms with van der Waals surface area (Å²) in [5, 5.41) is 9.29. The molecule has 0 unspecified atom stereocenters. The number of carbonyl (C=O) groups is 1. The molecule has 20 heavy (non-hydrogen) atoms. The molecule has 0 heterocycles. The number of benzene rings is 1. The Morgan fingerprint density at radius 3 is 2.45 bits per heavy atom. The highest BCUT2D eigenvalue weighted by molar-refractivity contribution is 9.10. The van der Waals surface area contributed by atoms with E-state index in [1.165, 1.54) is 0 Å². The van der Waals surface area contributed by atoms with E-state index in [1.807, 2.05) is 26.0 Å². The summed E-state index contributed by atoms with van der Waals surface area (Å²) in [5.41, 5.74) is -0.0571. The number of halogens is 1. The Balaban J connectivity index is 3.28. The SMILES string of the molecule is COc1cc(Br)cc(CC(C)(C)C(=O)O)c1OC(C)C. The zero-order chi connectivity index (χ0) is 15.5. The van der Waals surface area contributed by atoms with Gasteiger partial charge in [-0.3, -0.25) is 4.79 Å². The van der Waals surface area contributed by atoms with Gasteiger partial charge in [0, 0.05) is 10.0 Å². The van der Waals surface area contributed by atoms with Crippen LogP contribution in [0.4, 0.5) is 0 Å². The van der Waals surface area contributed by atoms with Gasteiger partial charge in [0.05, 0.1) is 18.6 Å². The molecular formula is C15H21BrO4. The van der Waals surface area contributed by atoms with Crippen molar-refractivity contribution < 1.29 is 19.4 Å². The Bertz CT molecular complexity index is 495. The summed E-state index contributed by atoms with van der Waals surface area (Å²) in [7, 11) is 1.57. The fraction of sp³-hybridized carbons (Fsp3) is 0.533. The van der Waals surface area contributed by atoms with E-state index in [0.717, 1.165) is 10.0 Å². The molecule has 0 aliphatic heterocycles. The van der Waals surface area contributed by atoms with Crippen LogP contribution in [0.5, 0.6) is 11.5 Å². The predicted octanol–water partition coefficient (Wildman–Crippen LogP) is 3.90. The van der Waals surface area contributed by atoms with E-state index in [0.29, 0.717) is 17.9 Å². The van der Waals surface area contributed by atoms with Crippen molar-refractivity contribution >= 4 is 21.9 Å². The van der Waals surface area contributed by atoms with Crippen molar-refractivity contribution in [3.63, 3.8) is 0 Å². The third kappa shape index (κ3) is 4.13. The molecule has 1 aromatic carbocycles. The van der Waals surface area contributed by atoms with Crippen LogP contribution in [0.1, 0.15) is 33.3 Å². The van der Waals surface area contributed by atoms with Gasteiger partial charge in [0.2, 0.25) is 0 Å². The first-order valence-corrected chi connectivity index (χ1v) is 7.23. The van der Waals surface area contributed by atoms with E-state index in [9.17, 15) is 9.90 Å². The number of methoxy groups -OCH3 is 1. The Labute approximate surface area is 128 Å². The lowest BCUT2D eigenvalue weighted by molar-refractivity contribution is -0.146. The minimum Gasteiger partial charge on any atom is -0.493 e. The number of rotatable bonds is 6. The number of carboxylic acid groups (broad SMARTS) is 1. The van der Waals surface area contributed by atoms with Crippen LogP contribution >= 0.6 is 15.9 Å². The van der Waals surface area contributed by atoms with Crippen molar-refractivity contribution in [2.45, 2.75) is 40.2 Å². The molecule has 0 bridgehead atoms. The van der Waals surface area contributed by atoms with Gasteiger partial charge in [0.1, 0.15) is 0 Å². The normalized spacial score (nSPS) is 11.6. The van der Waals surface area contributed by atoms with Crippen molar-refractivity contribution in [2.24, 2.45) is 5.41 Å². The third-order valence-electron chi connectivity index (χ3n) is 2.88. The second kappa shape index (κ2) is 6.48. The first-order valence-electron chi connectivity index (χ1n) is 6.44. The average Bonchev–Trinajstić information content (AvgIpc) is 2.31. The topological polar surface area (TPSA) is 55.8 Å². The van der Waals surface area contributed by atoms with Crippen LogP contribution in [0, 0.1) is 5.41 Å². The van der Waals surface area contributed by atoms with Crippen LogP contribution < -0.4 is 9.47 Å². The van der Waals surface area contributed by atoms with Crippen LogP contribution in [-0.2, 0) is 11.2 Å². The van der Waals surface area contributed by atoms with Gasteiger partial charge in [0.15, 0.2) is 11.5 Å². The quantitative estimate of drug-likeness (QED) is 0.850. The minimum atomic E-state index is -0.874. The summed E-state index contributed by atoms with van der Waals surface area (Å²) >= 11 is 3.42. The van der Waals surface area contributed by atoms with Crippen molar-refractivity contribution in [3.8, 4) is 11.5 Å². The fourth-order valence-corrected chi connectivity index (χ4v) is 2.31. The first kappa shape index (κ1) is 16.8. The molecule has 0 radical (unpaired) electrons. The lowest BCUT2D eigenvalue weighted by Crippen LogP contribution is -2.26. The number of ether oxygens (including phenoxy) is 2. The molecule has 4 nitrogen and oxygen atoms in total. The molecular weight excluding hydrogens is 324 g/mol. The van der Waals surface area contributed by atoms with E-state index >= 15 is 0 Å². The lowest BCUT2D eigenvalue weighted by atomic mass is 9.85. The van der Waals surface area contributed by atoms with Crippen molar-refractivity contribution in [2.75, 3.05) is 7.11 Å². The van der Waals surface area contributed by atoms with Crippen LogP contribution in [-0.4, -0.2) is 24.3 Å². The maximum Gasteiger partial charge on any atom is 0.309 e. The highest BCUT2D eigenvalue weighted by Gasteiger charge is 2.30. The fourth-order valence-electron chi connectivity index (χ4n) is 1.83. The number of hydrogen-bond acceptors (Lipinski definition) is 3. The van der Waals surface area contributed by atoms with Gasteiger partial charge in [-0.2, -0.15) is 0 Å². The van der Waals surface area contributed by atoms with Gasteiger partial charge in [-0.25, -0.2) is 0 Å².